The van der Waals surface area contributed by atoms with Crippen LogP contribution in [0.1, 0.15) is 36.7 Å². The highest BCUT2D eigenvalue weighted by Crippen LogP contribution is 2.27. The zero-order valence-corrected chi connectivity index (χ0v) is 10.6. The van der Waals surface area contributed by atoms with Crippen LogP contribution in [0.4, 0.5) is 0 Å². The fraction of sp³-hybridized carbons (Fsp3) is 0.357. The number of carboxylic acids is 1. The molecule has 1 N–H and O–H groups in total. The van der Waals surface area contributed by atoms with Gasteiger partial charge in [0.05, 0.1) is 5.56 Å². The Morgan fingerprint density at radius 2 is 1.94 bits per heavy atom. The average Bonchev–Trinajstić information content (AvgIpc) is 2.55. The van der Waals surface area contributed by atoms with Crippen molar-refractivity contribution in [2.75, 3.05) is 0 Å². The van der Waals surface area contributed by atoms with Gasteiger partial charge in [0.25, 0.3) is 0 Å². The molecule has 0 saturated carbocycles. The molecule has 0 aliphatic heterocycles. The molecule has 17 heavy (non-hydrogen) atoms. The number of hydrogen-bond acceptors (Lipinski definition) is 1. The second-order valence-electron chi connectivity index (χ2n) is 5.39. The number of fused-ring (bicyclic) bond motifs is 1. The third kappa shape index (κ3) is 1.93. The van der Waals surface area contributed by atoms with E-state index in [1.54, 1.807) is 12.1 Å². The summed E-state index contributed by atoms with van der Waals surface area (Å²) in [6.07, 6.45) is 2.08. The molecule has 1 aromatic heterocycles. The van der Waals surface area contributed by atoms with E-state index in [2.05, 4.69) is 31.5 Å². The number of hydrogen-bond donors (Lipinski definition) is 1. The molecule has 3 nitrogen and oxygen atoms in total. The van der Waals surface area contributed by atoms with Gasteiger partial charge in [-0.1, -0.05) is 6.07 Å². The highest BCUT2D eigenvalue weighted by Gasteiger charge is 2.17. The van der Waals surface area contributed by atoms with Crippen LogP contribution >= 0.6 is 0 Å². The summed E-state index contributed by atoms with van der Waals surface area (Å²) in [6, 6.07) is 5.29. The van der Waals surface area contributed by atoms with Crippen molar-refractivity contribution in [3.8, 4) is 0 Å². The Labute approximate surface area is 101 Å². The van der Waals surface area contributed by atoms with Crippen molar-refractivity contribution >= 4 is 16.9 Å². The van der Waals surface area contributed by atoms with Crippen LogP contribution in [-0.2, 0) is 5.54 Å². The number of carboxylic acid groups (broad SMARTS) is 1. The van der Waals surface area contributed by atoms with E-state index in [-0.39, 0.29) is 5.54 Å². The largest absolute Gasteiger partial charge is 0.478 e. The third-order valence-electron chi connectivity index (χ3n) is 2.97. The van der Waals surface area contributed by atoms with Crippen LogP contribution in [0.25, 0.3) is 10.9 Å². The SMILES string of the molecule is Cc1cn(C(C)(C)C)c2cc(C(=O)O)ccc12. The van der Waals surface area contributed by atoms with E-state index in [1.807, 2.05) is 13.0 Å². The molecule has 0 fully saturated rings. The van der Waals surface area contributed by atoms with Gasteiger partial charge in [-0.25, -0.2) is 4.79 Å². The first-order chi connectivity index (χ1) is 7.80. The van der Waals surface area contributed by atoms with Crippen LogP contribution in [0.3, 0.4) is 0 Å². The van der Waals surface area contributed by atoms with Gasteiger partial charge in [-0.05, 0) is 45.4 Å². The molecule has 2 rings (SSSR count). The van der Waals surface area contributed by atoms with Crippen LogP contribution < -0.4 is 0 Å². The van der Waals surface area contributed by atoms with Crippen molar-refractivity contribution in [1.82, 2.24) is 4.57 Å². The number of benzene rings is 1. The fourth-order valence-corrected chi connectivity index (χ4v) is 2.09. The number of carbonyl (C=O) groups is 1. The monoisotopic (exact) mass is 231 g/mol. The Bertz CT molecular complexity index is 588. The molecule has 3 heteroatoms. The van der Waals surface area contributed by atoms with Crippen molar-refractivity contribution in [2.45, 2.75) is 33.2 Å². The lowest BCUT2D eigenvalue weighted by atomic mass is 10.1. The minimum absolute atomic E-state index is 0.0519. The zero-order valence-electron chi connectivity index (χ0n) is 10.6. The summed E-state index contributed by atoms with van der Waals surface area (Å²) in [5.74, 6) is -0.883. The molecule has 0 bridgehead atoms. The lowest BCUT2D eigenvalue weighted by Gasteiger charge is -2.22. The van der Waals surface area contributed by atoms with Gasteiger partial charge in [0.15, 0.2) is 0 Å². The Morgan fingerprint density at radius 1 is 1.29 bits per heavy atom. The van der Waals surface area contributed by atoms with E-state index in [0.29, 0.717) is 5.56 Å². The second-order valence-corrected chi connectivity index (χ2v) is 5.39. The van der Waals surface area contributed by atoms with E-state index < -0.39 is 5.97 Å². The van der Waals surface area contributed by atoms with Crippen LogP contribution in [-0.4, -0.2) is 15.6 Å². The van der Waals surface area contributed by atoms with Crippen LogP contribution in [0.2, 0.25) is 0 Å². The summed E-state index contributed by atoms with van der Waals surface area (Å²) < 4.78 is 2.13. The number of aromatic carboxylic acids is 1. The predicted molar refractivity (Wildman–Crippen MR) is 68.6 cm³/mol. The highest BCUT2D eigenvalue weighted by molar-refractivity contribution is 5.94. The smallest absolute Gasteiger partial charge is 0.335 e. The first-order valence-electron chi connectivity index (χ1n) is 5.66. The summed E-state index contributed by atoms with van der Waals surface area (Å²) in [5.41, 5.74) is 2.44. The summed E-state index contributed by atoms with van der Waals surface area (Å²) >= 11 is 0. The minimum atomic E-state index is -0.883. The molecule has 0 amide bonds. The average molecular weight is 231 g/mol. The topological polar surface area (TPSA) is 42.2 Å². The standard InChI is InChI=1S/C14H17NO2/c1-9-8-15(14(2,3)4)12-7-10(13(16)17)5-6-11(9)12/h5-8H,1-4H3,(H,16,17). The molecule has 0 atom stereocenters. The second kappa shape index (κ2) is 3.62. The van der Waals surface area contributed by atoms with Crippen molar-refractivity contribution in [2.24, 2.45) is 0 Å². The van der Waals surface area contributed by atoms with E-state index in [9.17, 15) is 4.79 Å². The number of aryl methyl sites for hydroxylation is 1. The van der Waals surface area contributed by atoms with Crippen molar-refractivity contribution < 1.29 is 9.90 Å². The maximum atomic E-state index is 11.0. The molecule has 0 aliphatic rings. The third-order valence-corrected chi connectivity index (χ3v) is 2.97. The predicted octanol–water partition coefficient (Wildman–Crippen LogP) is 3.40. The zero-order chi connectivity index (χ0) is 12.8. The summed E-state index contributed by atoms with van der Waals surface area (Å²) in [5, 5.41) is 10.2. The first kappa shape index (κ1) is 11.7. The van der Waals surface area contributed by atoms with Crippen LogP contribution in [0.15, 0.2) is 24.4 Å². The Hall–Kier alpha value is -1.77. The lowest BCUT2D eigenvalue weighted by molar-refractivity contribution is 0.0697. The van der Waals surface area contributed by atoms with Crippen LogP contribution in [0, 0.1) is 6.92 Å². The summed E-state index contributed by atoms with van der Waals surface area (Å²) in [6.45, 7) is 8.38. The molecule has 1 aromatic carbocycles. The van der Waals surface area contributed by atoms with Gasteiger partial charge >= 0.3 is 5.97 Å². The van der Waals surface area contributed by atoms with E-state index in [4.69, 9.17) is 5.11 Å². The van der Waals surface area contributed by atoms with E-state index in [0.717, 1.165) is 10.9 Å². The van der Waals surface area contributed by atoms with E-state index >= 15 is 0 Å². The van der Waals surface area contributed by atoms with Crippen molar-refractivity contribution in [3.05, 3.63) is 35.5 Å². The lowest BCUT2D eigenvalue weighted by Crippen LogP contribution is -2.20. The minimum Gasteiger partial charge on any atom is -0.478 e. The molecular weight excluding hydrogens is 214 g/mol. The van der Waals surface area contributed by atoms with Crippen molar-refractivity contribution in [1.29, 1.82) is 0 Å². The van der Waals surface area contributed by atoms with Gasteiger partial charge in [0.1, 0.15) is 0 Å². The molecular formula is C14H17NO2. The maximum absolute atomic E-state index is 11.0. The van der Waals surface area contributed by atoms with E-state index in [1.165, 1.54) is 5.56 Å². The van der Waals surface area contributed by atoms with Gasteiger partial charge in [-0.15, -0.1) is 0 Å². The molecule has 1 heterocycles. The molecule has 0 aliphatic carbocycles. The Kier molecular flexibility index (Phi) is 2.49. The molecule has 0 spiro atoms. The Balaban J connectivity index is 2.78. The number of nitrogens with zero attached hydrogens (tertiary/aromatic N) is 1. The molecule has 0 radical (unpaired) electrons. The normalized spacial score (nSPS) is 12.0. The number of rotatable bonds is 1. The molecule has 90 valence electrons. The first-order valence-corrected chi connectivity index (χ1v) is 5.66. The van der Waals surface area contributed by atoms with Crippen molar-refractivity contribution in [3.63, 3.8) is 0 Å². The van der Waals surface area contributed by atoms with Gasteiger partial charge in [0.2, 0.25) is 0 Å². The van der Waals surface area contributed by atoms with Gasteiger partial charge in [-0.2, -0.15) is 0 Å². The summed E-state index contributed by atoms with van der Waals surface area (Å²) in [4.78, 5) is 11.0. The van der Waals surface area contributed by atoms with Gasteiger partial charge < -0.3 is 9.67 Å². The highest BCUT2D eigenvalue weighted by atomic mass is 16.4. The molecule has 2 aromatic rings. The maximum Gasteiger partial charge on any atom is 0.335 e. The number of aromatic nitrogens is 1. The molecule has 0 saturated heterocycles. The fourth-order valence-electron chi connectivity index (χ4n) is 2.09. The summed E-state index contributed by atoms with van der Waals surface area (Å²) in [7, 11) is 0. The van der Waals surface area contributed by atoms with Gasteiger partial charge in [-0.3, -0.25) is 0 Å². The Morgan fingerprint density at radius 3 is 2.47 bits per heavy atom. The molecule has 0 unspecified atom stereocenters. The van der Waals surface area contributed by atoms with Crippen LogP contribution in [0.5, 0.6) is 0 Å². The van der Waals surface area contributed by atoms with Gasteiger partial charge in [0, 0.05) is 22.6 Å². The quantitative estimate of drug-likeness (QED) is 0.817.